The van der Waals surface area contributed by atoms with Crippen LogP contribution in [-0.2, 0) is 41.6 Å². The second kappa shape index (κ2) is 22.5. The van der Waals surface area contributed by atoms with Crippen molar-refractivity contribution in [3.05, 3.63) is 114 Å². The summed E-state index contributed by atoms with van der Waals surface area (Å²) in [7, 11) is 1.77. The highest BCUT2D eigenvalue weighted by Crippen LogP contribution is 2.21. The fourth-order valence-electron chi connectivity index (χ4n) is 5.40. The summed E-state index contributed by atoms with van der Waals surface area (Å²) in [4.78, 5) is 40.2. The Labute approximate surface area is 323 Å². The topological polar surface area (TPSA) is 109 Å². The zero-order valence-electron chi connectivity index (χ0n) is 33.2. The van der Waals surface area contributed by atoms with Crippen LogP contribution in [0.4, 0.5) is 0 Å². The summed E-state index contributed by atoms with van der Waals surface area (Å²) >= 11 is 0. The Bertz CT molecular complexity index is 1630. The number of hydrogen-bond donors (Lipinski definition) is 1. The van der Waals surface area contributed by atoms with E-state index < -0.39 is 44.2 Å². The first-order valence-electron chi connectivity index (χ1n) is 18.7. The van der Waals surface area contributed by atoms with Crippen LogP contribution in [0.1, 0.15) is 50.3 Å². The molecule has 0 heterocycles. The number of benzene rings is 3. The van der Waals surface area contributed by atoms with Gasteiger partial charge in [-0.05, 0) is 65.4 Å². The minimum absolute atomic E-state index is 0.184. The molecule has 4 atom stereocenters. The van der Waals surface area contributed by atoms with E-state index in [0.717, 1.165) is 28.5 Å². The molecule has 0 radical (unpaired) electrons. The van der Waals surface area contributed by atoms with E-state index >= 15 is 0 Å². The Morgan fingerprint density at radius 3 is 1.98 bits per heavy atom. The highest BCUT2D eigenvalue weighted by molar-refractivity contribution is 6.76. The number of amides is 1. The summed E-state index contributed by atoms with van der Waals surface area (Å²) < 4.78 is 28.5. The molecule has 0 spiro atoms. The van der Waals surface area contributed by atoms with Gasteiger partial charge < -0.3 is 29.0 Å². The molecule has 0 saturated carbocycles. The zero-order valence-corrected chi connectivity index (χ0v) is 34.2. The van der Waals surface area contributed by atoms with E-state index in [1.807, 2.05) is 112 Å². The summed E-state index contributed by atoms with van der Waals surface area (Å²) in [6.45, 7) is 13.2. The maximum atomic E-state index is 13.7. The second-order valence-electron chi connectivity index (χ2n) is 15.1. The van der Waals surface area contributed by atoms with E-state index in [1.54, 1.807) is 20.3 Å². The Morgan fingerprint density at radius 2 is 1.41 bits per heavy atom. The van der Waals surface area contributed by atoms with Crippen LogP contribution in [0.2, 0.25) is 25.7 Å². The molecule has 1 N–H and O–H groups in total. The first-order valence-corrected chi connectivity index (χ1v) is 22.4. The predicted molar refractivity (Wildman–Crippen MR) is 217 cm³/mol. The van der Waals surface area contributed by atoms with Gasteiger partial charge in [-0.2, -0.15) is 0 Å². The molecule has 0 aliphatic carbocycles. The van der Waals surface area contributed by atoms with Gasteiger partial charge in [-0.1, -0.05) is 113 Å². The lowest BCUT2D eigenvalue weighted by Gasteiger charge is -2.25. The summed E-state index contributed by atoms with van der Waals surface area (Å²) in [6, 6.07) is 24.7. The molecule has 0 saturated heterocycles. The normalized spacial score (nSPS) is 14.0. The molecule has 0 fully saturated rings. The minimum Gasteiger partial charge on any atom is -0.497 e. The van der Waals surface area contributed by atoms with Gasteiger partial charge in [0, 0.05) is 26.8 Å². The van der Waals surface area contributed by atoms with Crippen molar-refractivity contribution < 1.29 is 38.1 Å². The Kier molecular flexibility index (Phi) is 18.2. The van der Waals surface area contributed by atoms with Crippen LogP contribution in [0.25, 0.3) is 6.08 Å². The van der Waals surface area contributed by atoms with E-state index in [1.165, 1.54) is 6.08 Å². The minimum atomic E-state index is -1.43. The molecule has 9 nitrogen and oxygen atoms in total. The number of rotatable bonds is 22. The monoisotopic (exact) mass is 757 g/mol. The van der Waals surface area contributed by atoms with Gasteiger partial charge in [0.15, 0.2) is 6.10 Å². The van der Waals surface area contributed by atoms with Crippen molar-refractivity contribution in [1.29, 1.82) is 0 Å². The molecule has 10 heteroatoms. The Hall–Kier alpha value is -4.67. The summed E-state index contributed by atoms with van der Waals surface area (Å²) in [5.41, 5.74) is 2.78. The third-order valence-corrected chi connectivity index (χ3v) is 10.4. The number of carbonyl (C=O) groups excluding carboxylic acids is 3. The van der Waals surface area contributed by atoms with Crippen LogP contribution in [0, 0.1) is 11.8 Å². The van der Waals surface area contributed by atoms with Crippen molar-refractivity contribution in [3.8, 4) is 11.5 Å². The van der Waals surface area contributed by atoms with E-state index in [9.17, 15) is 14.4 Å². The van der Waals surface area contributed by atoms with Gasteiger partial charge in [-0.3, -0.25) is 4.79 Å². The quantitative estimate of drug-likeness (QED) is 0.0618. The van der Waals surface area contributed by atoms with Crippen molar-refractivity contribution in [1.82, 2.24) is 5.32 Å². The fraction of sp³-hybridized carbons (Fsp3) is 0.432. The second-order valence-corrected chi connectivity index (χ2v) is 20.7. The third kappa shape index (κ3) is 16.6. The van der Waals surface area contributed by atoms with Gasteiger partial charge in [0.1, 0.15) is 23.6 Å². The number of esters is 2. The van der Waals surface area contributed by atoms with E-state index in [0.29, 0.717) is 18.8 Å². The van der Waals surface area contributed by atoms with Crippen molar-refractivity contribution in [2.75, 3.05) is 20.8 Å². The van der Waals surface area contributed by atoms with Crippen LogP contribution in [0.3, 0.4) is 0 Å². The van der Waals surface area contributed by atoms with Gasteiger partial charge in [0.25, 0.3) is 0 Å². The van der Waals surface area contributed by atoms with Crippen LogP contribution in [-0.4, -0.2) is 65.0 Å². The van der Waals surface area contributed by atoms with Crippen molar-refractivity contribution in [2.24, 2.45) is 11.8 Å². The first kappa shape index (κ1) is 43.7. The molecule has 292 valence electrons. The van der Waals surface area contributed by atoms with Crippen LogP contribution < -0.4 is 14.8 Å². The number of carbonyl (C=O) groups is 3. The van der Waals surface area contributed by atoms with Gasteiger partial charge in [-0.15, -0.1) is 0 Å². The van der Waals surface area contributed by atoms with E-state index in [-0.39, 0.29) is 31.3 Å². The average Bonchev–Trinajstić information content (AvgIpc) is 3.15. The van der Waals surface area contributed by atoms with Gasteiger partial charge in [-0.25, -0.2) is 9.59 Å². The largest absolute Gasteiger partial charge is 0.497 e. The molecule has 54 heavy (non-hydrogen) atoms. The maximum Gasteiger partial charge on any atom is 0.335 e. The number of hydrogen-bond acceptors (Lipinski definition) is 8. The fourth-order valence-corrected chi connectivity index (χ4v) is 6.12. The molecule has 3 rings (SSSR count). The lowest BCUT2D eigenvalue weighted by atomic mass is 9.99. The summed E-state index contributed by atoms with van der Waals surface area (Å²) in [6.07, 6.45) is 6.68. The Balaban J connectivity index is 1.76. The van der Waals surface area contributed by atoms with Crippen molar-refractivity contribution >= 4 is 32.0 Å². The average molecular weight is 758 g/mol. The first-order chi connectivity index (χ1) is 25.8. The molecule has 1 amide bonds. The van der Waals surface area contributed by atoms with Crippen LogP contribution in [0.5, 0.6) is 11.5 Å². The highest BCUT2D eigenvalue weighted by Gasteiger charge is 2.28. The molecule has 0 bridgehead atoms. The van der Waals surface area contributed by atoms with Crippen LogP contribution in [0.15, 0.2) is 97.1 Å². The van der Waals surface area contributed by atoms with Gasteiger partial charge in [0.2, 0.25) is 5.91 Å². The zero-order chi connectivity index (χ0) is 39.5. The van der Waals surface area contributed by atoms with Gasteiger partial charge in [0.05, 0.1) is 27.4 Å². The number of nitrogens with one attached hydrogen (secondary N) is 1. The van der Waals surface area contributed by atoms with E-state index in [4.69, 9.17) is 23.7 Å². The third-order valence-electron chi connectivity index (χ3n) is 8.74. The van der Waals surface area contributed by atoms with Crippen molar-refractivity contribution in [2.45, 2.75) is 90.6 Å². The molecule has 1 unspecified atom stereocenters. The Morgan fingerprint density at radius 1 is 0.796 bits per heavy atom. The molecular formula is C44H59NO8Si. The summed E-state index contributed by atoms with van der Waals surface area (Å²) in [5, 5.41) is 2.84. The maximum absolute atomic E-state index is 13.7. The standard InChI is InChI=1S/C44H59NO8Si/c1-32(2)29-41(52-31-36-21-25-38(50-5)26-22-36)44(48)53-40(33(3)17-18-34-13-10-9-11-14-34)15-12-16-42(46)45-39(43(47)51-27-28-54(6,7)8)30-35-19-23-37(49-4)24-20-35/h9-14,16-26,32-33,39-41H,15,27-31H2,1-8H3,(H,45,46)/b16-12+,18-17+/t33-,39+,40-,41?/m0/s1. The SMILES string of the molecule is COc1ccc(COC(CC(C)C)C(=O)O[C@@H](C/C=C/C(=O)N[C@H](Cc2ccc(OC)cc2)C(=O)OCC[Si](C)(C)C)[C@@H](C)/C=C/c2ccccc2)cc1. The number of ether oxygens (including phenoxy) is 5. The molecular weight excluding hydrogens is 699 g/mol. The van der Waals surface area contributed by atoms with E-state index in [2.05, 4.69) is 25.0 Å². The molecule has 0 aliphatic heterocycles. The molecule has 3 aromatic carbocycles. The molecule has 0 aliphatic rings. The smallest absolute Gasteiger partial charge is 0.335 e. The molecule has 0 aromatic heterocycles. The summed E-state index contributed by atoms with van der Waals surface area (Å²) in [5.74, 6) is 0.0281. The van der Waals surface area contributed by atoms with Crippen molar-refractivity contribution in [3.63, 3.8) is 0 Å². The number of methoxy groups -OCH3 is 2. The van der Waals surface area contributed by atoms with Gasteiger partial charge >= 0.3 is 11.9 Å². The predicted octanol–water partition coefficient (Wildman–Crippen LogP) is 8.45. The lowest BCUT2D eigenvalue weighted by molar-refractivity contribution is -0.166. The highest BCUT2D eigenvalue weighted by atomic mass is 28.3. The molecule has 3 aromatic rings. The lowest BCUT2D eigenvalue weighted by Crippen LogP contribution is -2.43. The van der Waals surface area contributed by atoms with Crippen LogP contribution >= 0.6 is 0 Å².